The van der Waals surface area contributed by atoms with Gasteiger partial charge in [0.1, 0.15) is 73.2 Å². The van der Waals surface area contributed by atoms with Gasteiger partial charge in [0.05, 0.1) is 19.8 Å². The molecule has 3 heterocycles. The average Bonchev–Trinajstić information content (AvgIpc) is 2.82. The fourth-order valence-electron chi connectivity index (χ4n) is 4.04. The molecule has 0 radical (unpaired) electrons. The molecule has 0 spiro atoms. The van der Waals surface area contributed by atoms with Crippen LogP contribution in [-0.4, -0.2) is 168 Å². The Bertz CT molecular complexity index is 639. The molecule has 0 amide bonds. The van der Waals surface area contributed by atoms with Crippen LogP contribution in [0.5, 0.6) is 0 Å². The zero-order valence-corrected chi connectivity index (χ0v) is 17.7. The van der Waals surface area contributed by atoms with Crippen molar-refractivity contribution >= 4 is 0 Å². The topological polar surface area (TPSA) is 269 Å². The Hall–Kier alpha value is -0.640. The monoisotopic (exact) mass is 504 g/mol. The highest BCUT2D eigenvalue weighted by molar-refractivity contribution is 4.96. The third kappa shape index (κ3) is 5.37. The van der Waals surface area contributed by atoms with Crippen molar-refractivity contribution in [3.05, 3.63) is 0 Å². The Kier molecular flexibility index (Phi) is 9.54. The normalized spacial score (nSPS) is 52.5. The number of aliphatic hydroxyl groups is 11. The molecule has 3 aliphatic rings. The molecule has 16 heteroatoms. The van der Waals surface area contributed by atoms with Crippen molar-refractivity contribution in [2.75, 3.05) is 19.8 Å². The molecule has 16 nitrogen and oxygen atoms in total. The van der Waals surface area contributed by atoms with Gasteiger partial charge in [0, 0.05) is 0 Å². The molecule has 3 aliphatic heterocycles. The van der Waals surface area contributed by atoms with E-state index in [1.165, 1.54) is 0 Å². The summed E-state index contributed by atoms with van der Waals surface area (Å²) in [5.74, 6) is 0. The van der Waals surface area contributed by atoms with E-state index in [4.69, 9.17) is 23.7 Å². The van der Waals surface area contributed by atoms with Gasteiger partial charge >= 0.3 is 0 Å². The van der Waals surface area contributed by atoms with Crippen LogP contribution in [0.4, 0.5) is 0 Å². The average molecular weight is 504 g/mol. The molecule has 0 aliphatic carbocycles. The molecule has 34 heavy (non-hydrogen) atoms. The van der Waals surface area contributed by atoms with Crippen LogP contribution in [-0.2, 0) is 23.7 Å². The molecule has 0 aromatic carbocycles. The number of ether oxygens (including phenoxy) is 5. The number of hydrogen-bond acceptors (Lipinski definition) is 16. The van der Waals surface area contributed by atoms with Gasteiger partial charge in [-0.25, -0.2) is 0 Å². The van der Waals surface area contributed by atoms with Crippen molar-refractivity contribution in [3.8, 4) is 0 Å². The van der Waals surface area contributed by atoms with Gasteiger partial charge in [-0.15, -0.1) is 0 Å². The lowest BCUT2D eigenvalue weighted by Crippen LogP contribution is -2.66. The van der Waals surface area contributed by atoms with Crippen LogP contribution in [0.15, 0.2) is 0 Å². The van der Waals surface area contributed by atoms with Crippen LogP contribution in [0.25, 0.3) is 0 Å². The highest BCUT2D eigenvalue weighted by atomic mass is 16.7. The van der Waals surface area contributed by atoms with E-state index in [2.05, 4.69) is 0 Å². The summed E-state index contributed by atoms with van der Waals surface area (Å²) in [6.07, 6.45) is -25.5. The fraction of sp³-hybridized carbons (Fsp3) is 1.00. The summed E-state index contributed by atoms with van der Waals surface area (Å²) in [5.41, 5.74) is 0. The molecule has 200 valence electrons. The third-order valence-electron chi connectivity index (χ3n) is 6.09. The van der Waals surface area contributed by atoms with Crippen LogP contribution in [0.1, 0.15) is 0 Å². The Morgan fingerprint density at radius 2 is 0.853 bits per heavy atom. The number of aliphatic hydroxyl groups excluding tert-OH is 11. The van der Waals surface area contributed by atoms with Crippen molar-refractivity contribution in [1.29, 1.82) is 0 Å². The minimum Gasteiger partial charge on any atom is -0.394 e. The first-order chi connectivity index (χ1) is 16.0. The van der Waals surface area contributed by atoms with E-state index in [1.807, 2.05) is 0 Å². The Balaban J connectivity index is 1.78. The second kappa shape index (κ2) is 11.6. The van der Waals surface area contributed by atoms with E-state index in [0.29, 0.717) is 0 Å². The van der Waals surface area contributed by atoms with E-state index in [-0.39, 0.29) is 0 Å². The predicted molar refractivity (Wildman–Crippen MR) is 101 cm³/mol. The SMILES string of the molecule is OCC1O[C@H](O[C@@H]2C(O)[C@@H](O[C@@H]3C(O)[C@H](O)OC(CO)[C@@H]3O)OC(CO)[C@@H]2O)C(O)[C@@H](O)[C@H]1O. The molecular formula is C18H32O16. The second-order valence-corrected chi connectivity index (χ2v) is 8.33. The largest absolute Gasteiger partial charge is 0.394 e. The van der Waals surface area contributed by atoms with Gasteiger partial charge in [-0.1, -0.05) is 0 Å². The van der Waals surface area contributed by atoms with Gasteiger partial charge < -0.3 is 79.9 Å². The Labute approximate surface area is 192 Å². The minimum atomic E-state index is -1.92. The predicted octanol–water partition coefficient (Wildman–Crippen LogP) is -7.57. The quantitative estimate of drug-likeness (QED) is 0.154. The van der Waals surface area contributed by atoms with Crippen LogP contribution >= 0.6 is 0 Å². The molecule has 0 bridgehead atoms. The maximum absolute atomic E-state index is 10.7. The first kappa shape index (κ1) is 27.9. The van der Waals surface area contributed by atoms with Gasteiger partial charge in [-0.3, -0.25) is 0 Å². The molecule has 15 atom stereocenters. The molecule has 3 saturated heterocycles. The number of hydrogen-bond donors (Lipinski definition) is 11. The summed E-state index contributed by atoms with van der Waals surface area (Å²) < 4.78 is 26.2. The molecule has 6 unspecified atom stereocenters. The summed E-state index contributed by atoms with van der Waals surface area (Å²) in [4.78, 5) is 0. The van der Waals surface area contributed by atoms with Crippen molar-refractivity contribution in [2.45, 2.75) is 92.1 Å². The lowest BCUT2D eigenvalue weighted by molar-refractivity contribution is -0.379. The molecule has 3 fully saturated rings. The Morgan fingerprint density at radius 3 is 1.35 bits per heavy atom. The molecule has 0 saturated carbocycles. The van der Waals surface area contributed by atoms with E-state index in [1.54, 1.807) is 0 Å². The minimum absolute atomic E-state index is 0.750. The van der Waals surface area contributed by atoms with E-state index >= 15 is 0 Å². The molecule has 11 N–H and O–H groups in total. The highest BCUT2D eigenvalue weighted by Crippen LogP contribution is 2.32. The van der Waals surface area contributed by atoms with Crippen molar-refractivity contribution in [2.24, 2.45) is 0 Å². The smallest absolute Gasteiger partial charge is 0.187 e. The van der Waals surface area contributed by atoms with Crippen molar-refractivity contribution < 1.29 is 79.9 Å². The summed E-state index contributed by atoms with van der Waals surface area (Å²) in [7, 11) is 0. The maximum atomic E-state index is 10.7. The van der Waals surface area contributed by atoms with Gasteiger partial charge in [0.15, 0.2) is 18.9 Å². The van der Waals surface area contributed by atoms with Crippen molar-refractivity contribution in [3.63, 3.8) is 0 Å². The first-order valence-corrected chi connectivity index (χ1v) is 10.6. The molecular weight excluding hydrogens is 472 g/mol. The molecule has 0 aromatic heterocycles. The standard InChI is InChI=1S/C18H32O16/c19-1-4-7(22)10(25)11(26)17(31-4)34-15-9(24)6(3-21)32-18(13(15)28)33-14-8(23)5(2-20)30-16(29)12(14)27/h4-29H,1-3H2/t4?,5?,6?,7-,8-,9-,10-,11?,12?,13?,14-,15-,16+,17+,18+/m0/s1. The zero-order valence-electron chi connectivity index (χ0n) is 17.7. The van der Waals surface area contributed by atoms with Gasteiger partial charge in [-0.2, -0.15) is 0 Å². The Morgan fingerprint density at radius 1 is 0.441 bits per heavy atom. The van der Waals surface area contributed by atoms with Gasteiger partial charge in [-0.05, 0) is 0 Å². The summed E-state index contributed by atoms with van der Waals surface area (Å²) in [6, 6.07) is 0. The number of rotatable bonds is 7. The summed E-state index contributed by atoms with van der Waals surface area (Å²) >= 11 is 0. The van der Waals surface area contributed by atoms with Crippen molar-refractivity contribution in [1.82, 2.24) is 0 Å². The third-order valence-corrected chi connectivity index (χ3v) is 6.09. The second-order valence-electron chi connectivity index (χ2n) is 8.33. The van der Waals surface area contributed by atoms with Gasteiger partial charge in [0.25, 0.3) is 0 Å². The van der Waals surface area contributed by atoms with Gasteiger partial charge in [0.2, 0.25) is 0 Å². The summed E-state index contributed by atoms with van der Waals surface area (Å²) in [5, 5.41) is 110. The van der Waals surface area contributed by atoms with E-state index in [0.717, 1.165) is 0 Å². The zero-order chi connectivity index (χ0) is 25.3. The maximum Gasteiger partial charge on any atom is 0.187 e. The highest BCUT2D eigenvalue weighted by Gasteiger charge is 2.53. The first-order valence-electron chi connectivity index (χ1n) is 10.6. The van der Waals surface area contributed by atoms with Crippen LogP contribution in [0.3, 0.4) is 0 Å². The van der Waals surface area contributed by atoms with E-state index in [9.17, 15) is 56.2 Å². The van der Waals surface area contributed by atoms with Crippen LogP contribution in [0.2, 0.25) is 0 Å². The van der Waals surface area contributed by atoms with Crippen LogP contribution < -0.4 is 0 Å². The lowest BCUT2D eigenvalue weighted by Gasteiger charge is -2.47. The molecule has 3 rings (SSSR count). The fourth-order valence-corrected chi connectivity index (χ4v) is 4.04. The summed E-state index contributed by atoms with van der Waals surface area (Å²) in [6.45, 7) is -2.33. The lowest BCUT2D eigenvalue weighted by atomic mass is 9.96. The van der Waals surface area contributed by atoms with E-state index < -0.39 is 112 Å². The molecule has 0 aromatic rings. The van der Waals surface area contributed by atoms with Crippen LogP contribution in [0, 0.1) is 0 Å².